The highest BCUT2D eigenvalue weighted by atomic mass is 32.1. The molecule has 7 nitrogen and oxygen atoms in total. The Hall–Kier alpha value is -1.96. The summed E-state index contributed by atoms with van der Waals surface area (Å²) in [7, 11) is 1.87. The number of anilines is 1. The molecule has 0 amide bonds. The third kappa shape index (κ3) is 2.59. The number of rotatable bonds is 5. The Morgan fingerprint density at radius 3 is 3.12 bits per heavy atom. The van der Waals surface area contributed by atoms with E-state index in [9.17, 15) is 4.79 Å². The molecule has 17 heavy (non-hydrogen) atoms. The van der Waals surface area contributed by atoms with Gasteiger partial charge in [0.1, 0.15) is 17.2 Å². The van der Waals surface area contributed by atoms with Gasteiger partial charge in [-0.1, -0.05) is 0 Å². The van der Waals surface area contributed by atoms with Crippen molar-refractivity contribution in [2.45, 2.75) is 6.42 Å². The predicted octanol–water partition coefficient (Wildman–Crippen LogP) is 0.624. The lowest BCUT2D eigenvalue weighted by Crippen LogP contribution is -2.10. The van der Waals surface area contributed by atoms with Crippen molar-refractivity contribution in [1.29, 1.82) is 0 Å². The lowest BCUT2D eigenvalue weighted by molar-refractivity contribution is 0.0692. The van der Waals surface area contributed by atoms with Crippen molar-refractivity contribution >= 4 is 22.3 Å². The number of nitrogens with zero attached hydrogens (tertiary/aromatic N) is 4. The smallest absolute Gasteiger partial charge is 0.357 e. The van der Waals surface area contributed by atoms with Gasteiger partial charge in [0, 0.05) is 20.0 Å². The highest BCUT2D eigenvalue weighted by Gasteiger charge is 2.12. The number of carboxylic acid groups (broad SMARTS) is 1. The number of thiazole rings is 1. The van der Waals surface area contributed by atoms with E-state index in [0.717, 1.165) is 5.82 Å². The van der Waals surface area contributed by atoms with Gasteiger partial charge in [-0.2, -0.15) is 0 Å². The molecule has 0 aliphatic carbocycles. The molecule has 0 unspecified atom stereocenters. The molecule has 90 valence electrons. The number of carbonyl (C=O) groups is 1. The van der Waals surface area contributed by atoms with Crippen LogP contribution in [0.4, 0.5) is 5.00 Å². The summed E-state index contributed by atoms with van der Waals surface area (Å²) in [6.07, 6.45) is 2.30. The summed E-state index contributed by atoms with van der Waals surface area (Å²) in [6, 6.07) is 0. The zero-order chi connectivity index (χ0) is 12.3. The third-order valence-electron chi connectivity index (χ3n) is 2.21. The SMILES string of the molecule is Cn1cnnc1CCNc1scnc1C(=O)O. The first-order chi connectivity index (χ1) is 8.18. The second kappa shape index (κ2) is 4.91. The van der Waals surface area contributed by atoms with Crippen LogP contribution in [0.15, 0.2) is 11.8 Å². The number of aromatic nitrogens is 4. The van der Waals surface area contributed by atoms with Crippen LogP contribution in [-0.4, -0.2) is 37.4 Å². The van der Waals surface area contributed by atoms with Crippen LogP contribution in [0.5, 0.6) is 0 Å². The molecule has 0 fully saturated rings. The number of aryl methyl sites for hydroxylation is 1. The highest BCUT2D eigenvalue weighted by molar-refractivity contribution is 7.14. The molecule has 0 bridgehead atoms. The van der Waals surface area contributed by atoms with E-state index in [1.807, 2.05) is 11.6 Å². The van der Waals surface area contributed by atoms with E-state index >= 15 is 0 Å². The van der Waals surface area contributed by atoms with Gasteiger partial charge < -0.3 is 15.0 Å². The van der Waals surface area contributed by atoms with E-state index in [4.69, 9.17) is 5.11 Å². The molecule has 2 rings (SSSR count). The topological polar surface area (TPSA) is 92.9 Å². The number of aromatic carboxylic acids is 1. The van der Waals surface area contributed by atoms with Crippen molar-refractivity contribution in [3.63, 3.8) is 0 Å². The molecule has 2 N–H and O–H groups in total. The molecule has 0 saturated carbocycles. The first-order valence-corrected chi connectivity index (χ1v) is 5.80. The molecule has 0 aliphatic heterocycles. The third-order valence-corrected chi connectivity index (χ3v) is 2.99. The van der Waals surface area contributed by atoms with E-state index in [2.05, 4.69) is 20.5 Å². The van der Waals surface area contributed by atoms with Gasteiger partial charge in [-0.15, -0.1) is 21.5 Å². The Morgan fingerprint density at radius 2 is 2.47 bits per heavy atom. The maximum Gasteiger partial charge on any atom is 0.357 e. The van der Waals surface area contributed by atoms with Crippen LogP contribution in [0.1, 0.15) is 16.3 Å². The van der Waals surface area contributed by atoms with Crippen molar-refractivity contribution < 1.29 is 9.90 Å². The molecule has 0 atom stereocenters. The van der Waals surface area contributed by atoms with Crippen LogP contribution in [0.3, 0.4) is 0 Å². The van der Waals surface area contributed by atoms with Crippen LogP contribution in [-0.2, 0) is 13.5 Å². The Bertz CT molecular complexity index is 521. The minimum absolute atomic E-state index is 0.0629. The summed E-state index contributed by atoms with van der Waals surface area (Å²) < 4.78 is 1.83. The van der Waals surface area contributed by atoms with Crippen molar-refractivity contribution in [2.75, 3.05) is 11.9 Å². The average Bonchev–Trinajstić information content (AvgIpc) is 2.88. The number of hydrogen-bond donors (Lipinski definition) is 2. The molecule has 0 saturated heterocycles. The van der Waals surface area contributed by atoms with Crippen LogP contribution >= 0.6 is 11.3 Å². The Labute approximate surface area is 101 Å². The Kier molecular flexibility index (Phi) is 3.33. The second-order valence-corrected chi connectivity index (χ2v) is 4.22. The highest BCUT2D eigenvalue weighted by Crippen LogP contribution is 2.19. The van der Waals surface area contributed by atoms with E-state index in [1.165, 1.54) is 16.8 Å². The average molecular weight is 253 g/mol. The lowest BCUT2D eigenvalue weighted by Gasteiger charge is -2.03. The molecule has 2 aromatic rings. The van der Waals surface area contributed by atoms with Crippen LogP contribution in [0, 0.1) is 0 Å². The second-order valence-electron chi connectivity index (χ2n) is 3.37. The zero-order valence-corrected chi connectivity index (χ0v) is 9.94. The fourth-order valence-corrected chi connectivity index (χ4v) is 2.05. The first-order valence-electron chi connectivity index (χ1n) is 4.92. The van der Waals surface area contributed by atoms with Crippen molar-refractivity contribution in [3.8, 4) is 0 Å². The molecular formula is C9H11N5O2S. The van der Waals surface area contributed by atoms with Gasteiger partial charge in [-0.05, 0) is 0 Å². The molecule has 8 heteroatoms. The van der Waals surface area contributed by atoms with E-state index in [0.29, 0.717) is 18.0 Å². The Balaban J connectivity index is 1.92. The summed E-state index contributed by atoms with van der Waals surface area (Å²) in [6.45, 7) is 0.592. The first kappa shape index (κ1) is 11.5. The van der Waals surface area contributed by atoms with E-state index in [1.54, 1.807) is 6.33 Å². The normalized spacial score (nSPS) is 10.4. The monoisotopic (exact) mass is 253 g/mol. The number of nitrogens with one attached hydrogen (secondary N) is 1. The lowest BCUT2D eigenvalue weighted by atomic mass is 10.4. The van der Waals surface area contributed by atoms with Gasteiger partial charge >= 0.3 is 5.97 Å². The number of carboxylic acids is 1. The summed E-state index contributed by atoms with van der Waals surface area (Å²) in [5.41, 5.74) is 1.57. The van der Waals surface area contributed by atoms with Gasteiger partial charge in [-0.25, -0.2) is 9.78 Å². The van der Waals surface area contributed by atoms with Gasteiger partial charge in [0.25, 0.3) is 0 Å². The zero-order valence-electron chi connectivity index (χ0n) is 9.12. The van der Waals surface area contributed by atoms with Gasteiger partial charge in [0.2, 0.25) is 0 Å². The molecular weight excluding hydrogens is 242 g/mol. The van der Waals surface area contributed by atoms with Crippen LogP contribution < -0.4 is 5.32 Å². The summed E-state index contributed by atoms with van der Waals surface area (Å²) >= 11 is 1.27. The van der Waals surface area contributed by atoms with E-state index < -0.39 is 5.97 Å². The standard InChI is InChI=1S/C9H11N5O2S/c1-14-4-12-13-6(14)2-3-10-8-7(9(15)16)11-5-17-8/h4-5,10H,2-3H2,1H3,(H,15,16). The van der Waals surface area contributed by atoms with Crippen molar-refractivity contribution in [1.82, 2.24) is 19.7 Å². The predicted molar refractivity (Wildman–Crippen MR) is 62.3 cm³/mol. The maximum atomic E-state index is 10.8. The van der Waals surface area contributed by atoms with Gasteiger partial charge in [-0.3, -0.25) is 0 Å². The fourth-order valence-electron chi connectivity index (χ4n) is 1.35. The summed E-state index contributed by atoms with van der Waals surface area (Å²) in [5, 5.41) is 20.2. The van der Waals surface area contributed by atoms with E-state index in [-0.39, 0.29) is 5.69 Å². The van der Waals surface area contributed by atoms with Gasteiger partial charge in [0.15, 0.2) is 5.69 Å². The molecule has 0 spiro atoms. The van der Waals surface area contributed by atoms with Crippen LogP contribution in [0.25, 0.3) is 0 Å². The van der Waals surface area contributed by atoms with Crippen LogP contribution in [0.2, 0.25) is 0 Å². The minimum Gasteiger partial charge on any atom is -0.476 e. The largest absolute Gasteiger partial charge is 0.476 e. The summed E-state index contributed by atoms with van der Waals surface area (Å²) in [5.74, 6) is -0.175. The molecule has 0 aliphatic rings. The summed E-state index contributed by atoms with van der Waals surface area (Å²) in [4.78, 5) is 14.6. The van der Waals surface area contributed by atoms with Gasteiger partial charge in [0.05, 0.1) is 5.51 Å². The van der Waals surface area contributed by atoms with Crippen molar-refractivity contribution in [2.24, 2.45) is 7.05 Å². The molecule has 2 heterocycles. The molecule has 0 aromatic carbocycles. The van der Waals surface area contributed by atoms with Crippen molar-refractivity contribution in [3.05, 3.63) is 23.4 Å². The minimum atomic E-state index is -1.02. The molecule has 0 radical (unpaired) electrons. The Morgan fingerprint density at radius 1 is 1.65 bits per heavy atom. The maximum absolute atomic E-state index is 10.8. The quantitative estimate of drug-likeness (QED) is 0.811. The molecule has 2 aromatic heterocycles. The number of hydrogen-bond acceptors (Lipinski definition) is 6. The fraction of sp³-hybridized carbons (Fsp3) is 0.333.